The van der Waals surface area contributed by atoms with Crippen LogP contribution in [0.15, 0.2) is 29.2 Å². The number of nitrogens with zero attached hydrogens (tertiary/aromatic N) is 1. The summed E-state index contributed by atoms with van der Waals surface area (Å²) in [6.07, 6.45) is 2.93. The van der Waals surface area contributed by atoms with Gasteiger partial charge in [-0.05, 0) is 36.3 Å². The van der Waals surface area contributed by atoms with Gasteiger partial charge in [-0.3, -0.25) is 10.1 Å². The number of carbonyl (C=O) groups excluding carboxylic acids is 1. The first-order valence-electron chi connectivity index (χ1n) is 7.27. The van der Waals surface area contributed by atoms with Gasteiger partial charge in [0.1, 0.15) is 6.17 Å². The highest BCUT2D eigenvalue weighted by molar-refractivity contribution is 7.98. The highest BCUT2D eigenvalue weighted by Crippen LogP contribution is 2.28. The van der Waals surface area contributed by atoms with Crippen molar-refractivity contribution in [2.24, 2.45) is 5.92 Å². The van der Waals surface area contributed by atoms with Gasteiger partial charge in [-0.2, -0.15) is 0 Å². The van der Waals surface area contributed by atoms with Gasteiger partial charge >= 0.3 is 0 Å². The van der Waals surface area contributed by atoms with Gasteiger partial charge in [-0.15, -0.1) is 11.8 Å². The second kappa shape index (κ2) is 6.64. The average molecular weight is 292 g/mol. The van der Waals surface area contributed by atoms with Crippen LogP contribution in [0.5, 0.6) is 0 Å². The molecule has 1 aliphatic rings. The molecule has 20 heavy (non-hydrogen) atoms. The highest BCUT2D eigenvalue weighted by Gasteiger charge is 2.38. The molecule has 2 unspecified atom stereocenters. The number of thioether (sulfide) groups is 1. The lowest BCUT2D eigenvalue weighted by Gasteiger charge is -2.26. The molecule has 1 amide bonds. The summed E-state index contributed by atoms with van der Waals surface area (Å²) in [6.45, 7) is 7.17. The number of amides is 1. The van der Waals surface area contributed by atoms with Crippen LogP contribution >= 0.6 is 11.8 Å². The number of benzene rings is 1. The Morgan fingerprint density at radius 1 is 1.30 bits per heavy atom. The van der Waals surface area contributed by atoms with Gasteiger partial charge in [0.25, 0.3) is 0 Å². The number of nitrogens with one attached hydrogen (secondary N) is 1. The van der Waals surface area contributed by atoms with Gasteiger partial charge in [-0.1, -0.05) is 32.9 Å². The van der Waals surface area contributed by atoms with E-state index in [4.69, 9.17) is 0 Å². The van der Waals surface area contributed by atoms with Gasteiger partial charge in [0, 0.05) is 11.4 Å². The van der Waals surface area contributed by atoms with Gasteiger partial charge in [-0.25, -0.2) is 0 Å². The quantitative estimate of drug-likeness (QED) is 0.845. The van der Waals surface area contributed by atoms with Crippen LogP contribution in [0.2, 0.25) is 0 Å². The summed E-state index contributed by atoms with van der Waals surface area (Å²) in [6, 6.07) is 8.46. The molecule has 0 aliphatic carbocycles. The van der Waals surface area contributed by atoms with Crippen molar-refractivity contribution < 1.29 is 4.79 Å². The zero-order valence-corrected chi connectivity index (χ0v) is 13.5. The van der Waals surface area contributed by atoms with Crippen LogP contribution in [0.3, 0.4) is 0 Å². The highest BCUT2D eigenvalue weighted by atomic mass is 32.2. The van der Waals surface area contributed by atoms with E-state index in [9.17, 15) is 4.79 Å². The molecule has 0 aromatic heterocycles. The molecule has 1 aromatic carbocycles. The van der Waals surface area contributed by atoms with Gasteiger partial charge in [0.2, 0.25) is 5.91 Å². The molecule has 3 nitrogen and oxygen atoms in total. The van der Waals surface area contributed by atoms with Crippen molar-refractivity contribution in [1.29, 1.82) is 0 Å². The first-order valence-corrected chi connectivity index (χ1v) is 8.49. The van der Waals surface area contributed by atoms with Crippen LogP contribution in [-0.4, -0.2) is 29.6 Å². The largest absolute Gasteiger partial charge is 0.321 e. The lowest BCUT2D eigenvalue weighted by atomic mass is 10.1. The Morgan fingerprint density at radius 3 is 2.45 bits per heavy atom. The molecule has 1 aromatic rings. The molecule has 1 saturated heterocycles. The predicted octanol–water partition coefficient (Wildman–Crippen LogP) is 3.27. The smallest absolute Gasteiger partial charge is 0.241 e. The summed E-state index contributed by atoms with van der Waals surface area (Å²) >= 11 is 1.74. The molecule has 110 valence electrons. The van der Waals surface area contributed by atoms with Crippen molar-refractivity contribution in [3.63, 3.8) is 0 Å². The third-order valence-electron chi connectivity index (χ3n) is 3.65. The van der Waals surface area contributed by atoms with Crippen LogP contribution in [0.4, 0.5) is 0 Å². The Balaban J connectivity index is 2.24. The molecule has 0 spiro atoms. The predicted molar refractivity (Wildman–Crippen MR) is 84.7 cm³/mol. The molecule has 0 bridgehead atoms. The molecular weight excluding hydrogens is 268 g/mol. The summed E-state index contributed by atoms with van der Waals surface area (Å²) in [5.41, 5.74) is 1.17. The minimum Gasteiger partial charge on any atom is -0.321 e. The molecule has 1 aliphatic heterocycles. The maximum Gasteiger partial charge on any atom is 0.241 e. The van der Waals surface area contributed by atoms with E-state index in [1.807, 2.05) is 4.90 Å². The maximum absolute atomic E-state index is 12.4. The summed E-state index contributed by atoms with van der Waals surface area (Å²) in [5.74, 6) is 0.712. The van der Waals surface area contributed by atoms with Crippen LogP contribution in [0, 0.1) is 5.92 Å². The third kappa shape index (κ3) is 3.18. The minimum atomic E-state index is -0.0426. The second-order valence-corrected chi connectivity index (χ2v) is 6.57. The standard InChI is InChI=1S/C16H24N2OS/c1-5-14-16(19)18(10-11(2)3)15(17-14)12-6-8-13(20-4)9-7-12/h6-9,11,14-15,17H,5,10H2,1-4H3. The fourth-order valence-corrected chi connectivity index (χ4v) is 3.03. The van der Waals surface area contributed by atoms with Gasteiger partial charge in [0.05, 0.1) is 6.04 Å². The molecule has 1 fully saturated rings. The topological polar surface area (TPSA) is 32.3 Å². The minimum absolute atomic E-state index is 0.0192. The van der Waals surface area contributed by atoms with Crippen molar-refractivity contribution in [2.45, 2.75) is 44.3 Å². The summed E-state index contributed by atoms with van der Waals surface area (Å²) < 4.78 is 0. The molecule has 1 N–H and O–H groups in total. The second-order valence-electron chi connectivity index (χ2n) is 5.69. The van der Waals surface area contributed by atoms with Crippen molar-refractivity contribution in [1.82, 2.24) is 10.2 Å². The van der Waals surface area contributed by atoms with Crippen LogP contribution in [0.25, 0.3) is 0 Å². The van der Waals surface area contributed by atoms with E-state index >= 15 is 0 Å². The monoisotopic (exact) mass is 292 g/mol. The van der Waals surface area contributed by atoms with E-state index in [-0.39, 0.29) is 18.1 Å². The number of rotatable bonds is 5. The van der Waals surface area contributed by atoms with Gasteiger partial charge < -0.3 is 4.90 Å². The molecule has 2 rings (SSSR count). The third-order valence-corrected chi connectivity index (χ3v) is 4.40. The summed E-state index contributed by atoms with van der Waals surface area (Å²) in [7, 11) is 0. The van der Waals surface area contributed by atoms with Crippen molar-refractivity contribution in [3.05, 3.63) is 29.8 Å². The fourth-order valence-electron chi connectivity index (χ4n) is 2.62. The maximum atomic E-state index is 12.4. The van der Waals surface area contributed by atoms with Crippen LogP contribution < -0.4 is 5.32 Å². The molecule has 2 atom stereocenters. The molecular formula is C16H24N2OS. The zero-order valence-electron chi connectivity index (χ0n) is 12.7. The SMILES string of the molecule is CCC1NC(c2ccc(SC)cc2)N(CC(C)C)C1=O. The molecule has 0 saturated carbocycles. The Hall–Kier alpha value is -1.00. The van der Waals surface area contributed by atoms with E-state index in [0.717, 1.165) is 13.0 Å². The van der Waals surface area contributed by atoms with E-state index in [1.165, 1.54) is 10.5 Å². The lowest BCUT2D eigenvalue weighted by molar-refractivity contribution is -0.130. The summed E-state index contributed by atoms with van der Waals surface area (Å²) in [4.78, 5) is 15.7. The Labute approximate surface area is 126 Å². The Bertz CT molecular complexity index is 458. The van der Waals surface area contributed by atoms with E-state index in [1.54, 1.807) is 11.8 Å². The average Bonchev–Trinajstić information content (AvgIpc) is 2.75. The normalized spacial score (nSPS) is 22.9. The Kier molecular flexibility index (Phi) is 5.11. The zero-order chi connectivity index (χ0) is 14.7. The van der Waals surface area contributed by atoms with E-state index < -0.39 is 0 Å². The van der Waals surface area contributed by atoms with Crippen LogP contribution in [0.1, 0.15) is 38.9 Å². The first kappa shape index (κ1) is 15.4. The number of hydrogen-bond acceptors (Lipinski definition) is 3. The molecule has 1 heterocycles. The van der Waals surface area contributed by atoms with Crippen molar-refractivity contribution in [2.75, 3.05) is 12.8 Å². The lowest BCUT2D eigenvalue weighted by Crippen LogP contribution is -2.34. The van der Waals surface area contributed by atoms with Gasteiger partial charge in [0.15, 0.2) is 0 Å². The van der Waals surface area contributed by atoms with E-state index in [0.29, 0.717) is 5.92 Å². The summed E-state index contributed by atoms with van der Waals surface area (Å²) in [5, 5.41) is 3.47. The number of carbonyl (C=O) groups is 1. The van der Waals surface area contributed by atoms with Crippen LogP contribution in [-0.2, 0) is 4.79 Å². The van der Waals surface area contributed by atoms with E-state index in [2.05, 4.69) is 56.6 Å². The van der Waals surface area contributed by atoms with Crippen molar-refractivity contribution in [3.8, 4) is 0 Å². The van der Waals surface area contributed by atoms with Crippen molar-refractivity contribution >= 4 is 17.7 Å². The Morgan fingerprint density at radius 2 is 1.95 bits per heavy atom. The first-order chi connectivity index (χ1) is 9.56. The fraction of sp³-hybridized carbons (Fsp3) is 0.562. The molecule has 0 radical (unpaired) electrons. The number of hydrogen-bond donors (Lipinski definition) is 1. The molecule has 4 heteroatoms.